The minimum absolute atomic E-state index is 0.0853. The van der Waals surface area contributed by atoms with E-state index in [1.165, 1.54) is 12.1 Å². The van der Waals surface area contributed by atoms with Gasteiger partial charge in [-0.25, -0.2) is 4.39 Å². The van der Waals surface area contributed by atoms with E-state index in [0.717, 1.165) is 33.6 Å². The van der Waals surface area contributed by atoms with Crippen LogP contribution in [0.5, 0.6) is 0 Å². The lowest BCUT2D eigenvalue weighted by molar-refractivity contribution is 0.0951. The number of aromatic nitrogens is 3. The highest BCUT2D eigenvalue weighted by Crippen LogP contribution is 2.30. The van der Waals surface area contributed by atoms with E-state index < -0.39 is 0 Å². The molecule has 0 saturated heterocycles. The number of para-hydroxylation sites is 2. The average molecular weight is 403 g/mol. The molecule has 2 heterocycles. The Hall–Kier alpha value is -3.45. The van der Waals surface area contributed by atoms with Gasteiger partial charge in [0.05, 0.1) is 16.8 Å². The zero-order chi connectivity index (χ0) is 19.8. The maximum atomic E-state index is 13.4. The van der Waals surface area contributed by atoms with Crippen molar-refractivity contribution < 1.29 is 13.6 Å². The molecule has 0 N–H and O–H groups in total. The number of halogens is 1. The Morgan fingerprint density at radius 2 is 1.62 bits per heavy atom. The van der Waals surface area contributed by atoms with Gasteiger partial charge in [0.2, 0.25) is 11.8 Å². The van der Waals surface area contributed by atoms with Crippen molar-refractivity contribution in [3.05, 3.63) is 78.6 Å². The SMILES string of the molecule is O=C(CSc1nnc(-c2cccc(F)c2)o1)n1c2ccccc2c2ccccc21. The first-order valence-corrected chi connectivity index (χ1v) is 9.93. The lowest BCUT2D eigenvalue weighted by Gasteiger charge is -2.04. The topological polar surface area (TPSA) is 60.9 Å². The molecule has 0 spiro atoms. The Balaban J connectivity index is 1.42. The number of nitrogens with zero attached hydrogens (tertiary/aromatic N) is 3. The molecule has 0 aliphatic heterocycles. The second kappa shape index (κ2) is 7.18. The van der Waals surface area contributed by atoms with E-state index in [2.05, 4.69) is 10.2 Å². The van der Waals surface area contributed by atoms with Crippen LogP contribution in [0.2, 0.25) is 0 Å². The molecular weight excluding hydrogens is 389 g/mol. The minimum Gasteiger partial charge on any atom is -0.411 e. The number of fused-ring (bicyclic) bond motifs is 3. The summed E-state index contributed by atoms with van der Waals surface area (Å²) in [5.74, 6) is -0.112. The van der Waals surface area contributed by atoms with Crippen LogP contribution in [0.4, 0.5) is 4.39 Å². The largest absolute Gasteiger partial charge is 0.411 e. The van der Waals surface area contributed by atoms with E-state index in [1.54, 1.807) is 16.7 Å². The van der Waals surface area contributed by atoms with Gasteiger partial charge >= 0.3 is 0 Å². The summed E-state index contributed by atoms with van der Waals surface area (Å²) in [5, 5.41) is 10.2. The fourth-order valence-electron chi connectivity index (χ4n) is 3.39. The second-order valence-electron chi connectivity index (χ2n) is 6.44. The first-order chi connectivity index (χ1) is 14.2. The number of hydrogen-bond acceptors (Lipinski definition) is 5. The van der Waals surface area contributed by atoms with E-state index in [-0.39, 0.29) is 28.6 Å². The van der Waals surface area contributed by atoms with Crippen LogP contribution in [0, 0.1) is 5.82 Å². The van der Waals surface area contributed by atoms with Crippen LogP contribution in [0.25, 0.3) is 33.3 Å². The molecule has 29 heavy (non-hydrogen) atoms. The molecule has 5 rings (SSSR count). The summed E-state index contributed by atoms with van der Waals surface area (Å²) in [6.07, 6.45) is 0. The van der Waals surface area contributed by atoms with Crippen LogP contribution >= 0.6 is 11.8 Å². The molecule has 0 amide bonds. The summed E-state index contributed by atoms with van der Waals surface area (Å²) in [7, 11) is 0. The van der Waals surface area contributed by atoms with Crippen LogP contribution in [0.1, 0.15) is 4.79 Å². The second-order valence-corrected chi connectivity index (χ2v) is 7.36. The number of thioether (sulfide) groups is 1. The van der Waals surface area contributed by atoms with E-state index in [0.29, 0.717) is 5.56 Å². The number of benzene rings is 3. The normalized spacial score (nSPS) is 11.3. The van der Waals surface area contributed by atoms with Crippen LogP contribution in [0.15, 0.2) is 82.4 Å². The summed E-state index contributed by atoms with van der Waals surface area (Å²) >= 11 is 1.16. The van der Waals surface area contributed by atoms with Gasteiger partial charge in [0.1, 0.15) is 5.82 Å². The molecular formula is C22H14FN3O2S. The molecule has 5 aromatic rings. The van der Waals surface area contributed by atoms with Crippen LogP contribution < -0.4 is 0 Å². The van der Waals surface area contributed by atoms with Crippen molar-refractivity contribution in [3.8, 4) is 11.5 Å². The Morgan fingerprint density at radius 1 is 0.931 bits per heavy atom. The molecule has 7 heteroatoms. The molecule has 0 radical (unpaired) electrons. The first kappa shape index (κ1) is 17.6. The number of hydrogen-bond donors (Lipinski definition) is 0. The number of carbonyl (C=O) groups excluding carboxylic acids is 1. The van der Waals surface area contributed by atoms with Crippen molar-refractivity contribution in [1.29, 1.82) is 0 Å². The highest BCUT2D eigenvalue weighted by molar-refractivity contribution is 7.99. The number of carbonyl (C=O) groups is 1. The predicted octanol–water partition coefficient (Wildman–Crippen LogP) is 5.42. The summed E-state index contributed by atoms with van der Waals surface area (Å²) in [4.78, 5) is 13.0. The van der Waals surface area contributed by atoms with Crippen molar-refractivity contribution in [2.45, 2.75) is 5.22 Å². The third kappa shape index (κ3) is 3.19. The lowest BCUT2D eigenvalue weighted by Crippen LogP contribution is -2.12. The number of rotatable bonds is 4. The monoisotopic (exact) mass is 403 g/mol. The molecule has 0 atom stereocenters. The van der Waals surface area contributed by atoms with Gasteiger partial charge in [-0.3, -0.25) is 9.36 Å². The third-order valence-electron chi connectivity index (χ3n) is 4.63. The van der Waals surface area contributed by atoms with Crippen molar-refractivity contribution in [2.75, 3.05) is 5.75 Å². The molecule has 0 fully saturated rings. The van der Waals surface area contributed by atoms with Gasteiger partial charge in [-0.2, -0.15) is 0 Å². The molecule has 142 valence electrons. The molecule has 3 aromatic carbocycles. The molecule has 0 unspecified atom stereocenters. The summed E-state index contributed by atoms with van der Waals surface area (Å²) in [5.41, 5.74) is 2.23. The van der Waals surface area contributed by atoms with Gasteiger partial charge in [-0.1, -0.05) is 54.2 Å². The van der Waals surface area contributed by atoms with E-state index in [4.69, 9.17) is 4.42 Å². The van der Waals surface area contributed by atoms with Gasteiger partial charge in [0.25, 0.3) is 5.22 Å². The zero-order valence-electron chi connectivity index (χ0n) is 15.1. The molecule has 0 aliphatic carbocycles. The van der Waals surface area contributed by atoms with E-state index in [9.17, 15) is 9.18 Å². The van der Waals surface area contributed by atoms with Crippen LogP contribution in [-0.2, 0) is 0 Å². The molecule has 2 aromatic heterocycles. The highest BCUT2D eigenvalue weighted by atomic mass is 32.2. The van der Waals surface area contributed by atoms with Crippen LogP contribution in [0.3, 0.4) is 0 Å². The van der Waals surface area contributed by atoms with Crippen molar-refractivity contribution in [1.82, 2.24) is 14.8 Å². The van der Waals surface area contributed by atoms with E-state index >= 15 is 0 Å². The Morgan fingerprint density at radius 3 is 2.31 bits per heavy atom. The zero-order valence-corrected chi connectivity index (χ0v) is 15.9. The van der Waals surface area contributed by atoms with Crippen molar-refractivity contribution in [2.24, 2.45) is 0 Å². The predicted molar refractivity (Wildman–Crippen MR) is 110 cm³/mol. The van der Waals surface area contributed by atoms with Gasteiger partial charge in [0.15, 0.2) is 0 Å². The Bertz CT molecular complexity index is 1310. The minimum atomic E-state index is -0.378. The fourth-order valence-corrected chi connectivity index (χ4v) is 4.00. The molecule has 0 saturated carbocycles. The summed E-state index contributed by atoms with van der Waals surface area (Å²) in [6, 6.07) is 21.6. The quantitative estimate of drug-likeness (QED) is 0.375. The van der Waals surface area contributed by atoms with Gasteiger partial charge in [-0.05, 0) is 30.3 Å². The Labute approximate surface area is 169 Å². The molecule has 0 aliphatic rings. The average Bonchev–Trinajstić information content (AvgIpc) is 3.35. The maximum Gasteiger partial charge on any atom is 0.277 e. The van der Waals surface area contributed by atoms with Gasteiger partial charge in [0, 0.05) is 16.3 Å². The van der Waals surface area contributed by atoms with Gasteiger partial charge < -0.3 is 4.42 Å². The smallest absolute Gasteiger partial charge is 0.277 e. The van der Waals surface area contributed by atoms with Crippen LogP contribution in [-0.4, -0.2) is 26.4 Å². The van der Waals surface area contributed by atoms with Crippen molar-refractivity contribution >= 4 is 39.5 Å². The highest BCUT2D eigenvalue weighted by Gasteiger charge is 2.17. The third-order valence-corrected chi connectivity index (χ3v) is 5.43. The standard InChI is InChI=1S/C22H14FN3O2S/c23-15-7-5-6-14(12-15)21-24-25-22(28-21)29-13-20(27)26-18-10-3-1-8-16(18)17-9-2-4-11-19(17)26/h1-12H,13H2. The summed E-state index contributed by atoms with van der Waals surface area (Å²) < 4.78 is 20.7. The van der Waals surface area contributed by atoms with Crippen molar-refractivity contribution in [3.63, 3.8) is 0 Å². The maximum absolute atomic E-state index is 13.4. The molecule has 5 nitrogen and oxygen atoms in total. The Kier molecular flexibility index (Phi) is 4.37. The lowest BCUT2D eigenvalue weighted by atomic mass is 10.2. The van der Waals surface area contributed by atoms with Gasteiger partial charge in [-0.15, -0.1) is 10.2 Å². The first-order valence-electron chi connectivity index (χ1n) is 8.94. The summed E-state index contributed by atoms with van der Waals surface area (Å²) in [6.45, 7) is 0. The fraction of sp³-hybridized carbons (Fsp3) is 0.0455. The molecule has 0 bridgehead atoms. The van der Waals surface area contributed by atoms with E-state index in [1.807, 2.05) is 48.5 Å².